The third-order valence-corrected chi connectivity index (χ3v) is 9.47. The molecule has 2 aromatic carbocycles. The van der Waals surface area contributed by atoms with E-state index in [-0.39, 0.29) is 25.0 Å². The largest absolute Gasteiger partial charge is 0.460 e. The molecule has 2 unspecified atom stereocenters. The van der Waals surface area contributed by atoms with Crippen molar-refractivity contribution in [3.05, 3.63) is 88.3 Å². The Hall–Kier alpha value is -4.78. The second kappa shape index (κ2) is 13.6. The van der Waals surface area contributed by atoms with Crippen LogP contribution in [0.5, 0.6) is 0 Å². The number of carbonyl (C=O) groups is 1. The van der Waals surface area contributed by atoms with E-state index in [0.29, 0.717) is 60.0 Å². The Morgan fingerprint density at radius 1 is 1.08 bits per heavy atom. The maximum atomic E-state index is 16.7. The number of aromatic amines is 1. The van der Waals surface area contributed by atoms with Gasteiger partial charge in [0.25, 0.3) is 0 Å². The summed E-state index contributed by atoms with van der Waals surface area (Å²) in [6, 6.07) is 8.42. The molecule has 0 radical (unpaired) electrons. The number of halogens is 4. The number of hydrogen-bond acceptors (Lipinski definition) is 7. The Morgan fingerprint density at radius 2 is 1.78 bits per heavy atom. The van der Waals surface area contributed by atoms with E-state index >= 15 is 4.39 Å². The Bertz CT molecular complexity index is 1960. The minimum absolute atomic E-state index is 0.0740. The van der Waals surface area contributed by atoms with Crippen molar-refractivity contribution < 1.29 is 27.1 Å². The van der Waals surface area contributed by atoms with Gasteiger partial charge in [-0.3, -0.25) is 4.79 Å². The van der Waals surface area contributed by atoms with Crippen LogP contribution < -0.4 is 10.6 Å². The van der Waals surface area contributed by atoms with Gasteiger partial charge in [0.1, 0.15) is 18.5 Å². The highest BCUT2D eigenvalue weighted by Gasteiger charge is 2.34. The van der Waals surface area contributed by atoms with E-state index < -0.39 is 29.6 Å². The first kappa shape index (κ1) is 34.1. The molecule has 258 valence electrons. The van der Waals surface area contributed by atoms with Gasteiger partial charge in [0.15, 0.2) is 0 Å². The van der Waals surface area contributed by atoms with Gasteiger partial charge < -0.3 is 20.4 Å². The van der Waals surface area contributed by atoms with Crippen LogP contribution in [0.4, 0.5) is 23.5 Å². The summed E-state index contributed by atoms with van der Waals surface area (Å²) in [4.78, 5) is 25.7. The molecule has 49 heavy (non-hydrogen) atoms. The minimum atomic E-state index is -4.56. The number of nitrogens with zero attached hydrogens (tertiary/aromatic N) is 5. The monoisotopic (exact) mass is 677 g/mol. The Labute approximate surface area is 281 Å². The number of aromatic nitrogens is 5. The number of H-pyrrole nitrogens is 1. The molecule has 13 heteroatoms. The van der Waals surface area contributed by atoms with Crippen LogP contribution >= 0.6 is 0 Å². The van der Waals surface area contributed by atoms with E-state index in [1.165, 1.54) is 6.07 Å². The van der Waals surface area contributed by atoms with Crippen molar-refractivity contribution in [2.24, 2.45) is 11.7 Å². The third-order valence-electron chi connectivity index (χ3n) is 9.47. The molecule has 3 N–H and O–H groups in total. The molecule has 6 rings (SSSR count). The van der Waals surface area contributed by atoms with Gasteiger partial charge in [0.05, 0.1) is 28.2 Å². The predicted molar refractivity (Wildman–Crippen MR) is 179 cm³/mol. The molecule has 0 bridgehead atoms. The molecule has 1 aliphatic rings. The van der Waals surface area contributed by atoms with Crippen molar-refractivity contribution in [2.45, 2.75) is 78.7 Å². The fourth-order valence-corrected chi connectivity index (χ4v) is 6.44. The summed E-state index contributed by atoms with van der Waals surface area (Å²) in [7, 11) is 0. The third kappa shape index (κ3) is 6.39. The Morgan fingerprint density at radius 3 is 2.41 bits per heavy atom. The number of carbonyl (C=O) groups excluding carboxylic acids is 1. The molecule has 0 aliphatic carbocycles. The van der Waals surface area contributed by atoms with Gasteiger partial charge in [0, 0.05) is 60.2 Å². The second-order valence-corrected chi connectivity index (χ2v) is 12.4. The van der Waals surface area contributed by atoms with E-state index in [2.05, 4.69) is 28.8 Å². The number of aryl methyl sites for hydroxylation is 2. The van der Waals surface area contributed by atoms with E-state index in [0.717, 1.165) is 40.5 Å². The SMILES string of the molecule is CCc1cccc(CC)c1-n1nc2c(c1-c1c(F)cc(COC(=O)C(N)C(C)CC)c3[nH]ccc13)CN(c1ncc(C(F)(F)F)cn1)CC2. The standard InChI is InChI=1S/C36H39F4N7O2/c1-5-20(4)30(41)34(48)49-19-23-15-27(37)29(25-11-13-42-31(23)25)33-26-18-46(35-43-16-24(17-44-35)36(38,39)40)14-12-28(26)45-47(33)32-21(6-2)9-8-10-22(32)7-3/h8-11,13,15-17,20,30,42H,5-7,12,14,18-19,41H2,1-4H3. The summed E-state index contributed by atoms with van der Waals surface area (Å²) in [6.45, 7) is 8.36. The number of para-hydroxylation sites is 1. The van der Waals surface area contributed by atoms with Crippen molar-refractivity contribution in [2.75, 3.05) is 11.4 Å². The number of esters is 1. The number of hydrogen-bond donors (Lipinski definition) is 2. The summed E-state index contributed by atoms with van der Waals surface area (Å²) in [5.41, 5.74) is 11.5. The van der Waals surface area contributed by atoms with Crippen molar-refractivity contribution in [3.8, 4) is 16.9 Å². The molecule has 0 spiro atoms. The van der Waals surface area contributed by atoms with Gasteiger partial charge in [0.2, 0.25) is 5.95 Å². The maximum Gasteiger partial charge on any atom is 0.419 e. The van der Waals surface area contributed by atoms with E-state index in [1.807, 2.05) is 36.7 Å². The second-order valence-electron chi connectivity index (χ2n) is 12.4. The lowest BCUT2D eigenvalue weighted by Crippen LogP contribution is -2.37. The van der Waals surface area contributed by atoms with Gasteiger partial charge in [-0.25, -0.2) is 19.0 Å². The number of anilines is 1. The average molecular weight is 678 g/mol. The lowest BCUT2D eigenvalue weighted by molar-refractivity contribution is -0.147. The summed E-state index contributed by atoms with van der Waals surface area (Å²) < 4.78 is 63.9. The number of benzene rings is 2. The van der Waals surface area contributed by atoms with Crippen LogP contribution in [0.3, 0.4) is 0 Å². The predicted octanol–water partition coefficient (Wildman–Crippen LogP) is 7.07. The van der Waals surface area contributed by atoms with Gasteiger partial charge >= 0.3 is 12.1 Å². The van der Waals surface area contributed by atoms with Crippen molar-refractivity contribution >= 4 is 22.8 Å². The number of rotatable bonds is 10. The minimum Gasteiger partial charge on any atom is -0.460 e. The number of nitrogens with two attached hydrogens (primary N) is 1. The van der Waals surface area contributed by atoms with Gasteiger partial charge in [-0.2, -0.15) is 18.3 Å². The van der Waals surface area contributed by atoms with Crippen molar-refractivity contribution in [1.29, 1.82) is 0 Å². The zero-order valence-corrected chi connectivity index (χ0v) is 27.9. The van der Waals surface area contributed by atoms with E-state index in [1.54, 1.807) is 17.2 Å². The smallest absolute Gasteiger partial charge is 0.419 e. The number of fused-ring (bicyclic) bond motifs is 2. The van der Waals surface area contributed by atoms with Crippen LogP contribution in [0.15, 0.2) is 48.9 Å². The molecule has 0 saturated carbocycles. The van der Waals surface area contributed by atoms with Gasteiger partial charge in [-0.1, -0.05) is 52.3 Å². The lowest BCUT2D eigenvalue weighted by atomic mass is 9.95. The fraction of sp³-hybridized carbons (Fsp3) is 0.389. The first-order chi connectivity index (χ1) is 23.5. The van der Waals surface area contributed by atoms with Gasteiger partial charge in [-0.05, 0) is 42.0 Å². The number of alkyl halides is 3. The summed E-state index contributed by atoms with van der Waals surface area (Å²) in [6.07, 6.45) is 1.27. The molecule has 2 atom stereocenters. The number of ether oxygens (including phenoxy) is 1. The molecule has 1 aliphatic heterocycles. The highest BCUT2D eigenvalue weighted by atomic mass is 19.4. The van der Waals surface area contributed by atoms with Crippen LogP contribution in [-0.4, -0.2) is 43.3 Å². The van der Waals surface area contributed by atoms with Gasteiger partial charge in [-0.15, -0.1) is 0 Å². The zero-order chi connectivity index (χ0) is 35.0. The van der Waals surface area contributed by atoms with Crippen molar-refractivity contribution in [1.82, 2.24) is 24.7 Å². The summed E-state index contributed by atoms with van der Waals surface area (Å²) >= 11 is 0. The normalized spacial score (nSPS) is 14.6. The lowest BCUT2D eigenvalue weighted by Gasteiger charge is -2.27. The van der Waals surface area contributed by atoms with Crippen LogP contribution in [0.2, 0.25) is 0 Å². The summed E-state index contributed by atoms with van der Waals surface area (Å²) in [5.74, 6) is -1.03. The first-order valence-electron chi connectivity index (χ1n) is 16.5. The Kier molecular flexibility index (Phi) is 9.47. The molecular formula is C36H39F4N7O2. The molecule has 0 fully saturated rings. The Balaban J connectivity index is 1.49. The fourth-order valence-electron chi connectivity index (χ4n) is 6.44. The molecule has 3 aromatic heterocycles. The molecule has 0 saturated heterocycles. The van der Waals surface area contributed by atoms with E-state index in [9.17, 15) is 18.0 Å². The highest BCUT2D eigenvalue weighted by Crippen LogP contribution is 2.41. The highest BCUT2D eigenvalue weighted by molar-refractivity contribution is 5.98. The molecular weight excluding hydrogens is 638 g/mol. The van der Waals surface area contributed by atoms with Crippen LogP contribution in [0.1, 0.15) is 67.6 Å². The van der Waals surface area contributed by atoms with Crippen LogP contribution in [-0.2, 0) is 48.1 Å². The molecule has 0 amide bonds. The average Bonchev–Trinajstić information content (AvgIpc) is 3.74. The maximum absolute atomic E-state index is 16.7. The first-order valence-corrected chi connectivity index (χ1v) is 16.5. The molecule has 5 aromatic rings. The quantitative estimate of drug-likeness (QED) is 0.120. The topological polar surface area (TPSA) is 115 Å². The molecule has 9 nitrogen and oxygen atoms in total. The van der Waals surface area contributed by atoms with Crippen LogP contribution in [0.25, 0.3) is 27.8 Å². The van der Waals surface area contributed by atoms with E-state index in [4.69, 9.17) is 15.6 Å². The van der Waals surface area contributed by atoms with Crippen molar-refractivity contribution in [3.63, 3.8) is 0 Å². The number of nitrogens with one attached hydrogen (secondary N) is 1. The van der Waals surface area contributed by atoms with Crippen LogP contribution in [0, 0.1) is 11.7 Å². The summed E-state index contributed by atoms with van der Waals surface area (Å²) in [5, 5.41) is 5.65. The molecule has 4 heterocycles. The zero-order valence-electron chi connectivity index (χ0n) is 27.9.